The predicted molar refractivity (Wildman–Crippen MR) is 112 cm³/mol. The van der Waals surface area contributed by atoms with Crippen molar-refractivity contribution >= 4 is 34.2 Å². The third kappa shape index (κ3) is 4.00. The van der Waals surface area contributed by atoms with Crippen LogP contribution in [0.25, 0.3) is 22.4 Å². The van der Waals surface area contributed by atoms with Crippen LogP contribution in [0.4, 0.5) is 5.69 Å². The van der Waals surface area contributed by atoms with Crippen molar-refractivity contribution in [1.29, 1.82) is 0 Å². The van der Waals surface area contributed by atoms with Crippen LogP contribution in [0.15, 0.2) is 72.8 Å². The number of rotatable bonds is 5. The molecule has 0 saturated heterocycles. The van der Waals surface area contributed by atoms with Gasteiger partial charge in [0, 0.05) is 16.3 Å². The van der Waals surface area contributed by atoms with E-state index in [1.807, 2.05) is 48.5 Å². The fraction of sp³-hybridized carbons (Fsp3) is 0.0909. The first-order chi connectivity index (χ1) is 13.6. The van der Waals surface area contributed by atoms with Crippen molar-refractivity contribution in [3.63, 3.8) is 0 Å². The van der Waals surface area contributed by atoms with Gasteiger partial charge >= 0.3 is 0 Å². The first-order valence-corrected chi connectivity index (χ1v) is 9.24. The largest absolute Gasteiger partial charge is 0.481 e. The average Bonchev–Trinajstić information content (AvgIpc) is 3.13. The Hall–Kier alpha value is -3.31. The number of para-hydroxylation sites is 2. The quantitative estimate of drug-likeness (QED) is 0.485. The maximum absolute atomic E-state index is 12.4. The zero-order valence-electron chi connectivity index (χ0n) is 15.1. The van der Waals surface area contributed by atoms with Crippen LogP contribution < -0.4 is 10.1 Å². The van der Waals surface area contributed by atoms with Crippen molar-refractivity contribution in [1.82, 2.24) is 9.97 Å². The number of hydrogen-bond donors (Lipinski definition) is 2. The molecule has 0 spiro atoms. The number of amides is 1. The zero-order chi connectivity index (χ0) is 19.5. The number of hydrogen-bond acceptors (Lipinski definition) is 3. The number of H-pyrrole nitrogens is 1. The molecule has 140 valence electrons. The standard InChI is InChI=1S/C22H18ClN3O2/c1-14(28-18-6-4-5-16(23)13-18)22(27)24-17-11-9-15(10-12-17)21-25-19-7-2-3-8-20(19)26-21/h2-14H,1H3,(H,24,27)(H,25,26). The Bertz CT molecular complexity index is 1090. The van der Waals surface area contributed by atoms with E-state index in [2.05, 4.69) is 15.3 Å². The van der Waals surface area contributed by atoms with Crippen molar-refractivity contribution in [2.45, 2.75) is 13.0 Å². The lowest BCUT2D eigenvalue weighted by molar-refractivity contribution is -0.122. The lowest BCUT2D eigenvalue weighted by Crippen LogP contribution is -2.30. The van der Waals surface area contributed by atoms with Crippen molar-refractivity contribution in [3.8, 4) is 17.1 Å². The zero-order valence-corrected chi connectivity index (χ0v) is 15.9. The molecule has 1 heterocycles. The van der Waals surface area contributed by atoms with Crippen LogP contribution in [-0.4, -0.2) is 22.0 Å². The van der Waals surface area contributed by atoms with Crippen LogP contribution in [0.3, 0.4) is 0 Å². The first-order valence-electron chi connectivity index (χ1n) is 8.87. The maximum atomic E-state index is 12.4. The topological polar surface area (TPSA) is 67.0 Å². The van der Waals surface area contributed by atoms with Crippen molar-refractivity contribution < 1.29 is 9.53 Å². The molecule has 28 heavy (non-hydrogen) atoms. The highest BCUT2D eigenvalue weighted by Crippen LogP contribution is 2.22. The number of imidazole rings is 1. The summed E-state index contributed by atoms with van der Waals surface area (Å²) in [6.45, 7) is 1.69. The van der Waals surface area contributed by atoms with E-state index >= 15 is 0 Å². The van der Waals surface area contributed by atoms with Crippen LogP contribution in [0, 0.1) is 0 Å². The second kappa shape index (κ2) is 7.74. The highest BCUT2D eigenvalue weighted by molar-refractivity contribution is 6.30. The SMILES string of the molecule is CC(Oc1cccc(Cl)c1)C(=O)Nc1ccc(-c2nc3ccccc3[nH]2)cc1. The molecular formula is C22H18ClN3O2. The Morgan fingerprint density at radius 1 is 1.07 bits per heavy atom. The molecule has 3 aromatic carbocycles. The summed E-state index contributed by atoms with van der Waals surface area (Å²) in [6, 6.07) is 22.3. The smallest absolute Gasteiger partial charge is 0.265 e. The van der Waals surface area contributed by atoms with E-state index in [9.17, 15) is 4.79 Å². The molecule has 0 bridgehead atoms. The molecule has 5 nitrogen and oxygen atoms in total. The molecule has 1 unspecified atom stereocenters. The predicted octanol–water partition coefficient (Wildman–Crippen LogP) is 5.29. The second-order valence-corrected chi connectivity index (χ2v) is 6.82. The molecule has 0 radical (unpaired) electrons. The Morgan fingerprint density at radius 2 is 1.86 bits per heavy atom. The van der Waals surface area contributed by atoms with Crippen LogP contribution in [0.2, 0.25) is 5.02 Å². The first kappa shape index (κ1) is 18.1. The molecule has 4 aromatic rings. The van der Waals surface area contributed by atoms with Gasteiger partial charge in [-0.3, -0.25) is 4.79 Å². The van der Waals surface area contributed by atoms with Gasteiger partial charge < -0.3 is 15.0 Å². The minimum atomic E-state index is -0.659. The van der Waals surface area contributed by atoms with Crippen LogP contribution in [-0.2, 0) is 4.79 Å². The fourth-order valence-electron chi connectivity index (χ4n) is 2.84. The minimum absolute atomic E-state index is 0.239. The monoisotopic (exact) mass is 391 g/mol. The number of anilines is 1. The lowest BCUT2D eigenvalue weighted by atomic mass is 10.2. The molecule has 6 heteroatoms. The number of nitrogens with one attached hydrogen (secondary N) is 2. The van der Waals surface area contributed by atoms with Gasteiger partial charge in [-0.1, -0.05) is 29.8 Å². The molecule has 1 aromatic heterocycles. The molecule has 0 fully saturated rings. The summed E-state index contributed by atoms with van der Waals surface area (Å²) >= 11 is 5.94. The van der Waals surface area contributed by atoms with Crippen molar-refractivity contribution in [3.05, 3.63) is 77.8 Å². The van der Waals surface area contributed by atoms with Gasteiger partial charge in [0.05, 0.1) is 11.0 Å². The molecule has 0 aliphatic heterocycles. The molecule has 0 aliphatic rings. The summed E-state index contributed by atoms with van der Waals surface area (Å²) in [5, 5.41) is 3.42. The van der Waals surface area contributed by atoms with E-state index in [0.29, 0.717) is 16.5 Å². The molecule has 1 atom stereocenters. The van der Waals surface area contributed by atoms with Crippen molar-refractivity contribution in [2.24, 2.45) is 0 Å². The molecule has 4 rings (SSSR count). The summed E-state index contributed by atoms with van der Waals surface area (Å²) in [7, 11) is 0. The maximum Gasteiger partial charge on any atom is 0.265 e. The van der Waals surface area contributed by atoms with Crippen LogP contribution in [0.1, 0.15) is 6.92 Å². The number of aromatic nitrogens is 2. The number of fused-ring (bicyclic) bond motifs is 1. The van der Waals surface area contributed by atoms with Crippen molar-refractivity contribution in [2.75, 3.05) is 5.32 Å². The Labute approximate surface area is 167 Å². The van der Waals surface area contributed by atoms with Gasteiger partial charge in [0.1, 0.15) is 11.6 Å². The number of benzene rings is 3. The molecule has 0 saturated carbocycles. The number of aromatic amines is 1. The Kier molecular flexibility index (Phi) is 5.00. The summed E-state index contributed by atoms with van der Waals surface area (Å²) < 4.78 is 5.64. The van der Waals surface area contributed by atoms with Gasteiger partial charge in [-0.15, -0.1) is 0 Å². The molecular weight excluding hydrogens is 374 g/mol. The number of carbonyl (C=O) groups excluding carboxylic acids is 1. The normalized spacial score (nSPS) is 11.9. The molecule has 2 N–H and O–H groups in total. The van der Waals surface area contributed by atoms with E-state index in [-0.39, 0.29) is 5.91 Å². The van der Waals surface area contributed by atoms with Crippen LogP contribution >= 0.6 is 11.6 Å². The van der Waals surface area contributed by atoms with Gasteiger partial charge in [-0.05, 0) is 61.5 Å². The van der Waals surface area contributed by atoms with Gasteiger partial charge in [0.25, 0.3) is 5.91 Å². The average molecular weight is 392 g/mol. The summed E-state index contributed by atoms with van der Waals surface area (Å²) in [6.07, 6.45) is -0.659. The highest BCUT2D eigenvalue weighted by atomic mass is 35.5. The fourth-order valence-corrected chi connectivity index (χ4v) is 3.02. The second-order valence-electron chi connectivity index (χ2n) is 6.39. The molecule has 1 amide bonds. The van der Waals surface area contributed by atoms with Gasteiger partial charge in [-0.2, -0.15) is 0 Å². The number of nitrogens with zero attached hydrogens (tertiary/aromatic N) is 1. The van der Waals surface area contributed by atoms with E-state index in [0.717, 1.165) is 22.4 Å². The van der Waals surface area contributed by atoms with Gasteiger partial charge in [0.15, 0.2) is 6.10 Å². The number of carbonyl (C=O) groups is 1. The van der Waals surface area contributed by atoms with Gasteiger partial charge in [-0.25, -0.2) is 4.98 Å². The number of ether oxygens (including phenoxy) is 1. The summed E-state index contributed by atoms with van der Waals surface area (Å²) in [4.78, 5) is 20.3. The minimum Gasteiger partial charge on any atom is -0.481 e. The van der Waals surface area contributed by atoms with Gasteiger partial charge in [0.2, 0.25) is 0 Å². The van der Waals surface area contributed by atoms with Crippen LogP contribution in [0.5, 0.6) is 5.75 Å². The number of halogens is 1. The summed E-state index contributed by atoms with van der Waals surface area (Å²) in [5.41, 5.74) is 3.53. The highest BCUT2D eigenvalue weighted by Gasteiger charge is 2.15. The lowest BCUT2D eigenvalue weighted by Gasteiger charge is -2.15. The van der Waals surface area contributed by atoms with E-state index in [1.165, 1.54) is 0 Å². The Morgan fingerprint density at radius 3 is 2.61 bits per heavy atom. The van der Waals surface area contributed by atoms with E-state index in [4.69, 9.17) is 16.3 Å². The van der Waals surface area contributed by atoms with E-state index < -0.39 is 6.10 Å². The Balaban J connectivity index is 1.43. The van der Waals surface area contributed by atoms with E-state index in [1.54, 1.807) is 31.2 Å². The molecule has 0 aliphatic carbocycles. The summed E-state index contributed by atoms with van der Waals surface area (Å²) in [5.74, 6) is 1.10. The third-order valence-electron chi connectivity index (χ3n) is 4.29. The third-order valence-corrected chi connectivity index (χ3v) is 4.53.